The van der Waals surface area contributed by atoms with Gasteiger partial charge in [-0.2, -0.15) is 0 Å². The van der Waals surface area contributed by atoms with Gasteiger partial charge in [-0.05, 0) is 49.9 Å². The fourth-order valence-corrected chi connectivity index (χ4v) is 4.01. The predicted molar refractivity (Wildman–Crippen MR) is 104 cm³/mol. The maximum atomic E-state index is 13.1. The smallest absolute Gasteiger partial charge is 0.225 e. The Bertz CT molecular complexity index is 661. The minimum Gasteiger partial charge on any atom is -0.368 e. The van der Waals surface area contributed by atoms with Crippen LogP contribution >= 0.6 is 0 Å². The highest BCUT2D eigenvalue weighted by atomic mass is 19.1. The van der Waals surface area contributed by atoms with E-state index in [9.17, 15) is 14.0 Å². The molecule has 2 amide bonds. The molecule has 0 bridgehead atoms. The molecular weight excluding hydrogens is 345 g/mol. The molecule has 0 atom stereocenters. The van der Waals surface area contributed by atoms with Gasteiger partial charge in [0, 0.05) is 50.2 Å². The van der Waals surface area contributed by atoms with E-state index >= 15 is 0 Å². The zero-order valence-corrected chi connectivity index (χ0v) is 15.7. The molecule has 27 heavy (non-hydrogen) atoms. The third kappa shape index (κ3) is 4.87. The Hall–Kier alpha value is -2.37. The maximum absolute atomic E-state index is 13.1. The molecule has 1 aliphatic carbocycles. The Morgan fingerprint density at radius 3 is 2.22 bits per heavy atom. The summed E-state index contributed by atoms with van der Waals surface area (Å²) in [5, 5.41) is 2.85. The van der Waals surface area contributed by atoms with E-state index in [-0.39, 0.29) is 29.5 Å². The second-order valence-corrected chi connectivity index (χ2v) is 7.37. The zero-order chi connectivity index (χ0) is 19.2. The van der Waals surface area contributed by atoms with Crippen molar-refractivity contribution in [3.8, 4) is 0 Å². The standard InChI is InChI=1S/C21H28FN3O2/c1-2-11-23-20(26)16-3-5-17(6-4-16)21(27)25-14-12-24(13-15-25)19-9-7-18(22)8-10-19/h2,7-10,16-17H,1,3-6,11-15H2,(H,23,26). The quantitative estimate of drug-likeness (QED) is 0.807. The van der Waals surface area contributed by atoms with Gasteiger partial charge in [0.25, 0.3) is 0 Å². The van der Waals surface area contributed by atoms with Crippen LogP contribution in [0.5, 0.6) is 0 Å². The van der Waals surface area contributed by atoms with Crippen LogP contribution in [0.15, 0.2) is 36.9 Å². The Morgan fingerprint density at radius 1 is 1.04 bits per heavy atom. The van der Waals surface area contributed by atoms with Gasteiger partial charge in [-0.3, -0.25) is 9.59 Å². The van der Waals surface area contributed by atoms with Gasteiger partial charge in [0.2, 0.25) is 11.8 Å². The molecule has 1 heterocycles. The van der Waals surface area contributed by atoms with E-state index in [1.165, 1.54) is 12.1 Å². The van der Waals surface area contributed by atoms with Crippen molar-refractivity contribution in [1.82, 2.24) is 10.2 Å². The number of hydrogen-bond acceptors (Lipinski definition) is 3. The molecule has 0 aromatic heterocycles. The van der Waals surface area contributed by atoms with Gasteiger partial charge in [0.05, 0.1) is 0 Å². The summed E-state index contributed by atoms with van der Waals surface area (Å²) < 4.78 is 13.1. The highest BCUT2D eigenvalue weighted by Crippen LogP contribution is 2.30. The summed E-state index contributed by atoms with van der Waals surface area (Å²) in [6, 6.07) is 6.50. The average molecular weight is 373 g/mol. The van der Waals surface area contributed by atoms with Crippen molar-refractivity contribution in [1.29, 1.82) is 0 Å². The van der Waals surface area contributed by atoms with Crippen LogP contribution in [0.3, 0.4) is 0 Å². The monoisotopic (exact) mass is 373 g/mol. The topological polar surface area (TPSA) is 52.7 Å². The average Bonchev–Trinajstić information content (AvgIpc) is 2.72. The first-order valence-electron chi connectivity index (χ1n) is 9.76. The third-order valence-corrected chi connectivity index (χ3v) is 5.65. The lowest BCUT2D eigenvalue weighted by Gasteiger charge is -2.38. The number of piperazine rings is 1. The lowest BCUT2D eigenvalue weighted by atomic mass is 9.81. The van der Waals surface area contributed by atoms with Crippen LogP contribution < -0.4 is 10.2 Å². The number of nitrogens with zero attached hydrogens (tertiary/aromatic N) is 2. The Morgan fingerprint density at radius 2 is 1.63 bits per heavy atom. The largest absolute Gasteiger partial charge is 0.368 e. The van der Waals surface area contributed by atoms with Gasteiger partial charge in [-0.15, -0.1) is 6.58 Å². The molecule has 1 saturated heterocycles. The summed E-state index contributed by atoms with van der Waals surface area (Å²) >= 11 is 0. The molecule has 3 rings (SSSR count). The van der Waals surface area contributed by atoms with E-state index in [1.807, 2.05) is 4.90 Å². The van der Waals surface area contributed by atoms with Crippen LogP contribution in [0, 0.1) is 17.7 Å². The van der Waals surface area contributed by atoms with E-state index in [0.29, 0.717) is 19.6 Å². The van der Waals surface area contributed by atoms with Gasteiger partial charge >= 0.3 is 0 Å². The van der Waals surface area contributed by atoms with Crippen molar-refractivity contribution < 1.29 is 14.0 Å². The molecule has 6 heteroatoms. The number of halogens is 1. The minimum absolute atomic E-state index is 0.0179. The fourth-order valence-electron chi connectivity index (χ4n) is 4.01. The molecule has 1 aromatic rings. The molecule has 0 radical (unpaired) electrons. The first kappa shape index (κ1) is 19.4. The molecule has 146 valence electrons. The number of carbonyl (C=O) groups excluding carboxylic acids is 2. The molecule has 0 spiro atoms. The molecule has 1 aliphatic heterocycles. The van der Waals surface area contributed by atoms with Crippen molar-refractivity contribution >= 4 is 17.5 Å². The Kier molecular flexibility index (Phi) is 6.48. The van der Waals surface area contributed by atoms with Gasteiger partial charge in [0.15, 0.2) is 0 Å². The maximum Gasteiger partial charge on any atom is 0.225 e. The number of hydrogen-bond donors (Lipinski definition) is 1. The third-order valence-electron chi connectivity index (χ3n) is 5.65. The highest BCUT2D eigenvalue weighted by molar-refractivity contribution is 5.81. The summed E-state index contributed by atoms with van der Waals surface area (Å²) in [4.78, 5) is 29.0. The van der Waals surface area contributed by atoms with Crippen molar-refractivity contribution in [2.75, 3.05) is 37.6 Å². The van der Waals surface area contributed by atoms with Gasteiger partial charge < -0.3 is 15.1 Å². The summed E-state index contributed by atoms with van der Waals surface area (Å²) in [5.41, 5.74) is 0.995. The van der Waals surface area contributed by atoms with Crippen LogP contribution in [0.1, 0.15) is 25.7 Å². The molecule has 0 unspecified atom stereocenters. The molecule has 2 aliphatic rings. The van der Waals surface area contributed by atoms with E-state index in [2.05, 4.69) is 16.8 Å². The summed E-state index contributed by atoms with van der Waals surface area (Å²) in [7, 11) is 0. The van der Waals surface area contributed by atoms with Crippen LogP contribution in [0.4, 0.5) is 10.1 Å². The van der Waals surface area contributed by atoms with E-state index < -0.39 is 0 Å². The normalized spacial score (nSPS) is 23.0. The SMILES string of the molecule is C=CCNC(=O)C1CCC(C(=O)N2CCN(c3ccc(F)cc3)CC2)CC1. The van der Waals surface area contributed by atoms with E-state index in [1.54, 1.807) is 18.2 Å². The summed E-state index contributed by atoms with van der Waals surface area (Å²) in [6.45, 7) is 7.01. The zero-order valence-electron chi connectivity index (χ0n) is 15.7. The number of amides is 2. The first-order chi connectivity index (χ1) is 13.1. The number of carbonyl (C=O) groups is 2. The second kappa shape index (κ2) is 9.02. The molecule has 2 fully saturated rings. The van der Waals surface area contributed by atoms with Crippen molar-refractivity contribution in [2.24, 2.45) is 11.8 Å². The van der Waals surface area contributed by atoms with Crippen molar-refractivity contribution in [3.05, 3.63) is 42.7 Å². The summed E-state index contributed by atoms with van der Waals surface area (Å²) in [5.74, 6) is 0.115. The lowest BCUT2D eigenvalue weighted by Crippen LogP contribution is -2.51. The van der Waals surface area contributed by atoms with Crippen LogP contribution in [-0.4, -0.2) is 49.4 Å². The molecule has 5 nitrogen and oxygen atoms in total. The lowest BCUT2D eigenvalue weighted by molar-refractivity contribution is -0.138. The van der Waals surface area contributed by atoms with E-state index in [0.717, 1.165) is 44.5 Å². The fraction of sp³-hybridized carbons (Fsp3) is 0.524. The highest BCUT2D eigenvalue weighted by Gasteiger charge is 2.33. The second-order valence-electron chi connectivity index (χ2n) is 7.37. The van der Waals surface area contributed by atoms with Gasteiger partial charge in [-0.25, -0.2) is 4.39 Å². The van der Waals surface area contributed by atoms with E-state index in [4.69, 9.17) is 0 Å². The van der Waals surface area contributed by atoms with Gasteiger partial charge in [-0.1, -0.05) is 6.08 Å². The predicted octanol–water partition coefficient (Wildman–Crippen LogP) is 2.58. The molecule has 1 aromatic carbocycles. The Labute approximate surface area is 160 Å². The van der Waals surface area contributed by atoms with Crippen LogP contribution in [0.2, 0.25) is 0 Å². The van der Waals surface area contributed by atoms with Crippen LogP contribution in [-0.2, 0) is 9.59 Å². The Balaban J connectivity index is 1.45. The number of benzene rings is 1. The minimum atomic E-state index is -0.235. The molecular formula is C21H28FN3O2. The number of rotatable bonds is 5. The molecule has 1 N–H and O–H groups in total. The van der Waals surface area contributed by atoms with Gasteiger partial charge in [0.1, 0.15) is 5.82 Å². The number of anilines is 1. The van der Waals surface area contributed by atoms with Crippen LogP contribution in [0.25, 0.3) is 0 Å². The van der Waals surface area contributed by atoms with Crippen molar-refractivity contribution in [3.63, 3.8) is 0 Å². The van der Waals surface area contributed by atoms with Crippen molar-refractivity contribution in [2.45, 2.75) is 25.7 Å². The number of nitrogens with one attached hydrogen (secondary N) is 1. The first-order valence-corrected chi connectivity index (χ1v) is 9.76. The molecule has 1 saturated carbocycles. The summed E-state index contributed by atoms with van der Waals surface area (Å²) in [6.07, 6.45) is 4.79.